The summed E-state index contributed by atoms with van der Waals surface area (Å²) in [6, 6.07) is 12.5. The number of nitrogens with one attached hydrogen (secondary N) is 1. The second kappa shape index (κ2) is 9.76. The lowest BCUT2D eigenvalue weighted by Gasteiger charge is -2.18. The third-order valence-corrected chi connectivity index (χ3v) is 5.43. The van der Waals surface area contributed by atoms with Crippen molar-refractivity contribution in [3.63, 3.8) is 0 Å². The number of benzene rings is 2. The molecule has 2 aromatic carbocycles. The van der Waals surface area contributed by atoms with Crippen molar-refractivity contribution < 1.29 is 31.9 Å². The maximum absolute atomic E-state index is 13.6. The SMILES string of the molecule is CC1=NN(c2ccc(OC(F)F)c(-c3cccnc3)c2)C(=O)C1C(=O)Nc1cccc(C(C)(F)F)c1. The molecular formula is C25H20F4N4O3. The number of hydrogen-bond donors (Lipinski definition) is 1. The maximum Gasteiger partial charge on any atom is 0.387 e. The van der Waals surface area contributed by atoms with Crippen molar-refractivity contribution in [1.29, 1.82) is 0 Å². The number of pyridine rings is 1. The van der Waals surface area contributed by atoms with Crippen molar-refractivity contribution in [2.24, 2.45) is 11.0 Å². The topological polar surface area (TPSA) is 83.9 Å². The quantitative estimate of drug-likeness (QED) is 0.346. The largest absolute Gasteiger partial charge is 0.434 e. The van der Waals surface area contributed by atoms with Crippen molar-refractivity contribution in [2.75, 3.05) is 10.3 Å². The Morgan fingerprint density at radius 3 is 2.58 bits per heavy atom. The van der Waals surface area contributed by atoms with Crippen LogP contribution in [0.4, 0.5) is 28.9 Å². The summed E-state index contributed by atoms with van der Waals surface area (Å²) in [5.74, 6) is -5.98. The fourth-order valence-corrected chi connectivity index (χ4v) is 3.73. The first-order chi connectivity index (χ1) is 17.0. The Labute approximate surface area is 203 Å². The summed E-state index contributed by atoms with van der Waals surface area (Å²) in [6.45, 7) is -0.852. The van der Waals surface area contributed by atoms with E-state index in [-0.39, 0.29) is 34.0 Å². The highest BCUT2D eigenvalue weighted by atomic mass is 19.3. The molecule has 1 atom stereocenters. The second-order valence-corrected chi connectivity index (χ2v) is 8.08. The highest BCUT2D eigenvalue weighted by Gasteiger charge is 2.40. The van der Waals surface area contributed by atoms with E-state index in [9.17, 15) is 27.2 Å². The Kier molecular flexibility index (Phi) is 6.73. The van der Waals surface area contributed by atoms with Gasteiger partial charge in [0.05, 0.1) is 11.4 Å². The Hall–Kier alpha value is -4.28. The molecule has 0 spiro atoms. The van der Waals surface area contributed by atoms with Crippen LogP contribution in [0.25, 0.3) is 11.1 Å². The van der Waals surface area contributed by atoms with Gasteiger partial charge in [-0.3, -0.25) is 14.6 Å². The van der Waals surface area contributed by atoms with E-state index in [1.54, 1.807) is 12.1 Å². The third-order valence-electron chi connectivity index (χ3n) is 5.43. The molecule has 0 saturated carbocycles. The summed E-state index contributed by atoms with van der Waals surface area (Å²) >= 11 is 0. The van der Waals surface area contributed by atoms with Gasteiger partial charge in [0.1, 0.15) is 5.75 Å². The molecule has 11 heteroatoms. The van der Waals surface area contributed by atoms with Crippen LogP contribution in [-0.4, -0.2) is 29.1 Å². The van der Waals surface area contributed by atoms with Gasteiger partial charge >= 0.3 is 6.61 Å². The van der Waals surface area contributed by atoms with Gasteiger partial charge in [0.25, 0.3) is 11.8 Å². The minimum atomic E-state index is -3.11. The summed E-state index contributed by atoms with van der Waals surface area (Å²) in [4.78, 5) is 30.0. The molecule has 36 heavy (non-hydrogen) atoms. The zero-order valence-corrected chi connectivity index (χ0v) is 19.1. The van der Waals surface area contributed by atoms with Crippen LogP contribution in [0.2, 0.25) is 0 Å². The molecule has 0 saturated heterocycles. The van der Waals surface area contributed by atoms with Crippen molar-refractivity contribution in [1.82, 2.24) is 4.98 Å². The number of rotatable bonds is 7. The van der Waals surface area contributed by atoms with Gasteiger partial charge in [0.15, 0.2) is 5.92 Å². The van der Waals surface area contributed by atoms with Crippen molar-refractivity contribution in [3.8, 4) is 16.9 Å². The molecular weight excluding hydrogens is 480 g/mol. The number of aromatic nitrogens is 1. The van der Waals surface area contributed by atoms with Gasteiger partial charge < -0.3 is 10.1 Å². The summed E-state index contributed by atoms with van der Waals surface area (Å²) in [5.41, 5.74) is 0.897. The normalized spacial score (nSPS) is 15.8. The first-order valence-corrected chi connectivity index (χ1v) is 10.7. The Morgan fingerprint density at radius 2 is 1.92 bits per heavy atom. The number of ether oxygens (including phenoxy) is 1. The molecule has 3 aromatic rings. The molecule has 0 fully saturated rings. The number of carbonyl (C=O) groups excluding carboxylic acids is 2. The van der Waals surface area contributed by atoms with E-state index in [1.807, 2.05) is 0 Å². The van der Waals surface area contributed by atoms with Gasteiger partial charge in [-0.15, -0.1) is 0 Å². The fourth-order valence-electron chi connectivity index (χ4n) is 3.73. The predicted octanol–water partition coefficient (Wildman–Crippen LogP) is 5.44. The molecule has 1 aromatic heterocycles. The van der Waals surface area contributed by atoms with E-state index in [1.165, 1.54) is 55.7 Å². The Morgan fingerprint density at radius 1 is 1.14 bits per heavy atom. The molecule has 2 amide bonds. The zero-order valence-electron chi connectivity index (χ0n) is 19.1. The smallest absolute Gasteiger partial charge is 0.387 e. The molecule has 4 rings (SSSR count). The number of hydrogen-bond acceptors (Lipinski definition) is 5. The molecule has 1 unspecified atom stereocenters. The van der Waals surface area contributed by atoms with Gasteiger partial charge in [-0.25, -0.2) is 8.78 Å². The standard InChI is InChI=1S/C25H20F4N4O3/c1-14-21(22(34)31-17-7-3-6-16(11-17)25(2,28)29)23(35)33(32-14)18-8-9-20(36-24(26)27)19(12-18)15-5-4-10-30-13-15/h3-13,21,24H,1-2H3,(H,31,34). The molecule has 186 valence electrons. The van der Waals surface area contributed by atoms with Crippen LogP contribution in [-0.2, 0) is 15.5 Å². The number of halogens is 4. The van der Waals surface area contributed by atoms with Gasteiger partial charge in [-0.2, -0.15) is 18.9 Å². The number of anilines is 2. The number of alkyl halides is 4. The van der Waals surface area contributed by atoms with Gasteiger partial charge in [0.2, 0.25) is 5.91 Å². The summed E-state index contributed by atoms with van der Waals surface area (Å²) < 4.78 is 57.8. The minimum Gasteiger partial charge on any atom is -0.434 e. The van der Waals surface area contributed by atoms with Gasteiger partial charge in [0, 0.05) is 41.7 Å². The highest BCUT2D eigenvalue weighted by molar-refractivity contribution is 6.28. The summed E-state index contributed by atoms with van der Waals surface area (Å²) in [6.07, 6.45) is 2.96. The molecule has 0 radical (unpaired) electrons. The van der Waals surface area contributed by atoms with Gasteiger partial charge in [-0.1, -0.05) is 18.2 Å². The van der Waals surface area contributed by atoms with Crippen LogP contribution in [0.1, 0.15) is 19.4 Å². The monoisotopic (exact) mass is 500 g/mol. The predicted molar refractivity (Wildman–Crippen MR) is 125 cm³/mol. The summed E-state index contributed by atoms with van der Waals surface area (Å²) in [7, 11) is 0. The van der Waals surface area contributed by atoms with Crippen molar-refractivity contribution in [2.45, 2.75) is 26.4 Å². The number of hydrazone groups is 1. The van der Waals surface area contributed by atoms with Crippen LogP contribution in [0.5, 0.6) is 5.75 Å². The molecule has 1 aliphatic heterocycles. The number of carbonyl (C=O) groups is 2. The molecule has 1 N–H and O–H groups in total. The minimum absolute atomic E-state index is 0.102. The van der Waals surface area contributed by atoms with E-state index in [2.05, 4.69) is 20.1 Å². The first-order valence-electron chi connectivity index (χ1n) is 10.7. The Bertz CT molecular complexity index is 1330. The third kappa shape index (κ3) is 5.19. The molecule has 0 aliphatic carbocycles. The maximum atomic E-state index is 13.6. The lowest BCUT2D eigenvalue weighted by molar-refractivity contribution is -0.127. The van der Waals surface area contributed by atoms with Crippen LogP contribution >= 0.6 is 0 Å². The first kappa shape index (κ1) is 24.8. The van der Waals surface area contributed by atoms with E-state index in [0.29, 0.717) is 5.56 Å². The average molecular weight is 500 g/mol. The summed E-state index contributed by atoms with van der Waals surface area (Å²) in [5, 5.41) is 7.65. The van der Waals surface area contributed by atoms with E-state index in [4.69, 9.17) is 0 Å². The van der Waals surface area contributed by atoms with Crippen LogP contribution in [0, 0.1) is 5.92 Å². The van der Waals surface area contributed by atoms with Crippen LogP contribution in [0.3, 0.4) is 0 Å². The Balaban J connectivity index is 1.60. The lowest BCUT2D eigenvalue weighted by atomic mass is 10.0. The van der Waals surface area contributed by atoms with E-state index in [0.717, 1.165) is 18.0 Å². The zero-order chi connectivity index (χ0) is 26.0. The highest BCUT2D eigenvalue weighted by Crippen LogP contribution is 2.36. The molecule has 2 heterocycles. The lowest BCUT2D eigenvalue weighted by Crippen LogP contribution is -2.36. The van der Waals surface area contributed by atoms with E-state index >= 15 is 0 Å². The van der Waals surface area contributed by atoms with Crippen molar-refractivity contribution in [3.05, 3.63) is 72.6 Å². The number of nitrogens with zero attached hydrogens (tertiary/aromatic N) is 3. The van der Waals surface area contributed by atoms with Gasteiger partial charge in [-0.05, 0) is 43.3 Å². The van der Waals surface area contributed by atoms with Crippen LogP contribution < -0.4 is 15.1 Å². The van der Waals surface area contributed by atoms with Crippen LogP contribution in [0.15, 0.2) is 72.1 Å². The van der Waals surface area contributed by atoms with E-state index < -0.39 is 30.3 Å². The number of amides is 2. The molecule has 1 aliphatic rings. The van der Waals surface area contributed by atoms with Crippen molar-refractivity contribution >= 4 is 28.9 Å². The molecule has 7 nitrogen and oxygen atoms in total. The fraction of sp³-hybridized carbons (Fsp3) is 0.200. The second-order valence-electron chi connectivity index (χ2n) is 8.08. The average Bonchev–Trinajstić information content (AvgIpc) is 3.13. The molecule has 0 bridgehead atoms.